The molecule has 1 heterocycles. The van der Waals surface area contributed by atoms with Crippen molar-refractivity contribution in [2.45, 2.75) is 25.9 Å². The van der Waals surface area contributed by atoms with Crippen LogP contribution in [0.5, 0.6) is 5.75 Å². The standard InChI is InChI=1S/C21H21ClN2O4/c1-14(24(13-25)18-5-3-4-6-19(18)28-2)20(26)21(27)23-10-9-15-7-8-17(22)11-16(15)12-23/h3-8,11,13-14H,9-10,12H2,1-2H3. The van der Waals surface area contributed by atoms with Crippen molar-refractivity contribution in [1.29, 1.82) is 0 Å². The Morgan fingerprint density at radius 3 is 2.68 bits per heavy atom. The number of methoxy groups -OCH3 is 1. The lowest BCUT2D eigenvalue weighted by molar-refractivity contribution is -0.145. The van der Waals surface area contributed by atoms with Gasteiger partial charge in [-0.2, -0.15) is 0 Å². The number of halogens is 1. The first kappa shape index (κ1) is 19.9. The summed E-state index contributed by atoms with van der Waals surface area (Å²) in [5.41, 5.74) is 2.49. The third-order valence-corrected chi connectivity index (χ3v) is 5.19. The minimum absolute atomic E-state index is 0.322. The Balaban J connectivity index is 1.78. The fourth-order valence-corrected chi connectivity index (χ4v) is 3.55. The molecule has 2 aromatic carbocycles. The van der Waals surface area contributed by atoms with E-state index >= 15 is 0 Å². The van der Waals surface area contributed by atoms with E-state index in [2.05, 4.69) is 0 Å². The number of ether oxygens (including phenoxy) is 1. The van der Waals surface area contributed by atoms with Crippen LogP contribution in [-0.4, -0.2) is 42.7 Å². The predicted molar refractivity (Wildman–Crippen MR) is 107 cm³/mol. The van der Waals surface area contributed by atoms with Crippen molar-refractivity contribution in [2.24, 2.45) is 0 Å². The van der Waals surface area contributed by atoms with Gasteiger partial charge >= 0.3 is 0 Å². The molecule has 28 heavy (non-hydrogen) atoms. The summed E-state index contributed by atoms with van der Waals surface area (Å²) < 4.78 is 5.27. The Morgan fingerprint density at radius 2 is 1.96 bits per heavy atom. The number of hydrogen-bond acceptors (Lipinski definition) is 4. The van der Waals surface area contributed by atoms with E-state index in [1.165, 1.54) is 23.8 Å². The van der Waals surface area contributed by atoms with E-state index in [0.717, 1.165) is 11.1 Å². The molecule has 1 unspecified atom stereocenters. The van der Waals surface area contributed by atoms with Gasteiger partial charge in [0.1, 0.15) is 11.8 Å². The Morgan fingerprint density at radius 1 is 1.21 bits per heavy atom. The number of fused-ring (bicyclic) bond motifs is 1. The summed E-state index contributed by atoms with van der Waals surface area (Å²) in [6.07, 6.45) is 1.20. The van der Waals surface area contributed by atoms with Gasteiger partial charge in [-0.15, -0.1) is 0 Å². The number of benzene rings is 2. The number of amides is 2. The largest absolute Gasteiger partial charge is 0.495 e. The summed E-state index contributed by atoms with van der Waals surface area (Å²) in [4.78, 5) is 40.1. The molecule has 1 atom stereocenters. The quantitative estimate of drug-likeness (QED) is 0.552. The second kappa shape index (κ2) is 8.44. The van der Waals surface area contributed by atoms with Gasteiger partial charge < -0.3 is 14.5 Å². The highest BCUT2D eigenvalue weighted by Crippen LogP contribution is 2.29. The fraction of sp³-hybridized carbons (Fsp3) is 0.286. The zero-order valence-corrected chi connectivity index (χ0v) is 16.5. The lowest BCUT2D eigenvalue weighted by Crippen LogP contribution is -2.48. The third kappa shape index (κ3) is 3.87. The molecule has 0 N–H and O–H groups in total. The van der Waals surface area contributed by atoms with Crippen molar-refractivity contribution in [3.63, 3.8) is 0 Å². The van der Waals surface area contributed by atoms with Gasteiger partial charge in [-0.3, -0.25) is 14.4 Å². The van der Waals surface area contributed by atoms with Gasteiger partial charge in [0.2, 0.25) is 12.2 Å². The van der Waals surface area contributed by atoms with E-state index in [1.807, 2.05) is 18.2 Å². The molecule has 2 aromatic rings. The topological polar surface area (TPSA) is 66.9 Å². The average molecular weight is 401 g/mol. The number of para-hydroxylation sites is 2. The lowest BCUT2D eigenvalue weighted by Gasteiger charge is -2.31. The number of nitrogens with zero attached hydrogens (tertiary/aromatic N) is 2. The van der Waals surface area contributed by atoms with Crippen LogP contribution in [0.1, 0.15) is 18.1 Å². The predicted octanol–water partition coefficient (Wildman–Crippen LogP) is 2.85. The van der Waals surface area contributed by atoms with Crippen molar-refractivity contribution >= 4 is 35.4 Å². The van der Waals surface area contributed by atoms with Crippen molar-refractivity contribution in [1.82, 2.24) is 4.90 Å². The number of carbonyl (C=O) groups excluding carboxylic acids is 3. The number of Topliss-reactive ketones (excluding diaryl/α,β-unsaturated/α-hetero) is 1. The van der Waals surface area contributed by atoms with Gasteiger partial charge in [0, 0.05) is 18.1 Å². The molecule has 146 valence electrons. The maximum absolute atomic E-state index is 12.8. The first-order chi connectivity index (χ1) is 13.5. The van der Waals surface area contributed by atoms with E-state index in [0.29, 0.717) is 42.4 Å². The number of ketones is 1. The molecule has 0 bridgehead atoms. The Hall–Kier alpha value is -2.86. The second-order valence-corrected chi connectivity index (χ2v) is 7.05. The fourth-order valence-electron chi connectivity index (χ4n) is 3.36. The molecule has 0 aromatic heterocycles. The number of rotatable bonds is 6. The molecule has 3 rings (SSSR count). The first-order valence-corrected chi connectivity index (χ1v) is 9.31. The molecule has 1 aliphatic rings. The zero-order chi connectivity index (χ0) is 20.3. The van der Waals surface area contributed by atoms with Crippen molar-refractivity contribution in [3.8, 4) is 5.75 Å². The summed E-state index contributed by atoms with van der Waals surface area (Å²) in [5.74, 6) is -0.813. The van der Waals surface area contributed by atoms with Crippen molar-refractivity contribution in [3.05, 3.63) is 58.6 Å². The smallest absolute Gasteiger partial charge is 0.292 e. The highest BCUT2D eigenvalue weighted by molar-refractivity contribution is 6.39. The van der Waals surface area contributed by atoms with Gasteiger partial charge in [0.15, 0.2) is 0 Å². The summed E-state index contributed by atoms with van der Waals surface area (Å²) >= 11 is 6.05. The second-order valence-electron chi connectivity index (χ2n) is 6.61. The van der Waals surface area contributed by atoms with Gasteiger partial charge in [-0.05, 0) is 48.7 Å². The number of hydrogen-bond donors (Lipinski definition) is 0. The normalized spacial score (nSPS) is 14.0. The molecule has 1 aliphatic heterocycles. The average Bonchev–Trinajstić information content (AvgIpc) is 2.72. The van der Waals surface area contributed by atoms with E-state index in [9.17, 15) is 14.4 Å². The highest BCUT2D eigenvalue weighted by Gasteiger charge is 2.33. The first-order valence-electron chi connectivity index (χ1n) is 8.93. The molecular formula is C21H21ClN2O4. The van der Waals surface area contributed by atoms with Crippen LogP contribution in [-0.2, 0) is 27.3 Å². The van der Waals surface area contributed by atoms with Gasteiger partial charge in [-0.1, -0.05) is 29.8 Å². The van der Waals surface area contributed by atoms with E-state index in [-0.39, 0.29) is 0 Å². The minimum atomic E-state index is -0.956. The molecule has 0 spiro atoms. The summed E-state index contributed by atoms with van der Waals surface area (Å²) in [6.45, 7) is 2.31. The van der Waals surface area contributed by atoms with E-state index in [4.69, 9.17) is 16.3 Å². The molecule has 0 fully saturated rings. The van der Waals surface area contributed by atoms with Crippen LogP contribution < -0.4 is 9.64 Å². The Kier molecular flexibility index (Phi) is 5.99. The van der Waals surface area contributed by atoms with Gasteiger partial charge in [0.05, 0.1) is 12.8 Å². The Bertz CT molecular complexity index is 915. The van der Waals surface area contributed by atoms with Crippen LogP contribution in [0, 0.1) is 0 Å². The maximum atomic E-state index is 12.8. The van der Waals surface area contributed by atoms with Crippen LogP contribution >= 0.6 is 11.6 Å². The van der Waals surface area contributed by atoms with E-state index < -0.39 is 17.7 Å². The molecule has 0 aliphatic carbocycles. The minimum Gasteiger partial charge on any atom is -0.495 e. The molecular weight excluding hydrogens is 380 g/mol. The highest BCUT2D eigenvalue weighted by atomic mass is 35.5. The molecule has 7 heteroatoms. The molecule has 0 saturated heterocycles. The van der Waals surface area contributed by atoms with Crippen LogP contribution in [0.4, 0.5) is 5.69 Å². The summed E-state index contributed by atoms with van der Waals surface area (Å²) in [5, 5.41) is 0.594. The number of carbonyl (C=O) groups is 3. The molecule has 6 nitrogen and oxygen atoms in total. The van der Waals surface area contributed by atoms with Crippen LogP contribution in [0.15, 0.2) is 42.5 Å². The SMILES string of the molecule is COc1ccccc1N(C=O)C(C)C(=O)C(=O)N1CCc2ccc(Cl)cc2C1. The zero-order valence-electron chi connectivity index (χ0n) is 15.7. The number of anilines is 1. The Labute approximate surface area is 168 Å². The maximum Gasteiger partial charge on any atom is 0.292 e. The van der Waals surface area contributed by atoms with Crippen LogP contribution in [0.25, 0.3) is 0 Å². The summed E-state index contributed by atoms with van der Waals surface area (Å²) in [6, 6.07) is 11.5. The van der Waals surface area contributed by atoms with Gasteiger partial charge in [0.25, 0.3) is 5.91 Å². The van der Waals surface area contributed by atoms with Crippen LogP contribution in [0.2, 0.25) is 5.02 Å². The lowest BCUT2D eigenvalue weighted by atomic mass is 9.99. The van der Waals surface area contributed by atoms with E-state index in [1.54, 1.807) is 24.3 Å². The monoisotopic (exact) mass is 400 g/mol. The molecule has 0 radical (unpaired) electrons. The molecule has 0 saturated carbocycles. The third-order valence-electron chi connectivity index (χ3n) is 4.95. The summed E-state index contributed by atoms with van der Waals surface area (Å²) in [7, 11) is 1.48. The van der Waals surface area contributed by atoms with Crippen molar-refractivity contribution in [2.75, 3.05) is 18.6 Å². The molecule has 2 amide bonds. The van der Waals surface area contributed by atoms with Crippen LogP contribution in [0.3, 0.4) is 0 Å². The van der Waals surface area contributed by atoms with Crippen molar-refractivity contribution < 1.29 is 19.1 Å². The van der Waals surface area contributed by atoms with Gasteiger partial charge in [-0.25, -0.2) is 0 Å².